The van der Waals surface area contributed by atoms with Crippen molar-refractivity contribution in [3.05, 3.63) is 191 Å². The molecule has 0 aliphatic carbocycles. The van der Waals surface area contributed by atoms with Gasteiger partial charge in [0.1, 0.15) is 0 Å². The molecule has 0 saturated carbocycles. The summed E-state index contributed by atoms with van der Waals surface area (Å²) < 4.78 is 0. The van der Waals surface area contributed by atoms with Crippen molar-refractivity contribution in [3.8, 4) is 0 Å². The Labute approximate surface area is 409 Å². The summed E-state index contributed by atoms with van der Waals surface area (Å²) in [5, 5.41) is 1.70. The molecule has 0 aliphatic heterocycles. The van der Waals surface area contributed by atoms with Crippen LogP contribution in [0.1, 0.15) is 105 Å². The molecule has 62 heavy (non-hydrogen) atoms. The van der Waals surface area contributed by atoms with Crippen molar-refractivity contribution >= 4 is 38.0 Å². The number of hydrogen-bond donors (Lipinski definition) is 0. The Morgan fingerprint density at radius 2 is 0.516 bits per heavy atom. The van der Waals surface area contributed by atoms with Gasteiger partial charge in [0.2, 0.25) is 0 Å². The van der Waals surface area contributed by atoms with Gasteiger partial charge in [0, 0.05) is 40.2 Å². The van der Waals surface area contributed by atoms with Crippen LogP contribution in [0.25, 0.3) is 22.2 Å². The fourth-order valence-electron chi connectivity index (χ4n) is 8.07. The van der Waals surface area contributed by atoms with Crippen LogP contribution in [-0.2, 0) is 65.9 Å². The average molecular weight is 1230 g/mol. The van der Waals surface area contributed by atoms with Gasteiger partial charge in [-0.05, 0) is 92.7 Å². The summed E-state index contributed by atoms with van der Waals surface area (Å²) in [4.78, 5) is 0. The summed E-state index contributed by atoms with van der Waals surface area (Å²) in [7, 11) is 0.525. The first kappa shape index (κ1) is 59.3. The van der Waals surface area contributed by atoms with Gasteiger partial charge in [0.05, 0.1) is 0 Å². The Balaban J connectivity index is 0.000000751. The van der Waals surface area contributed by atoms with Crippen molar-refractivity contribution in [2.75, 3.05) is 0 Å². The van der Waals surface area contributed by atoms with Gasteiger partial charge in [-0.15, -0.1) is 11.4 Å². The molecule has 0 spiro atoms. The van der Waals surface area contributed by atoms with Gasteiger partial charge in [-0.25, -0.2) is 0 Å². The average Bonchev–Trinajstić information content (AvgIpc) is 3.21. The molecule has 6 aromatic carbocycles. The topological polar surface area (TPSA) is 47.6 Å². The molecular formula is C56H78Ir2N2P2-2. The summed E-state index contributed by atoms with van der Waals surface area (Å²) in [6.45, 7) is 28.2. The van der Waals surface area contributed by atoms with E-state index in [0.29, 0.717) is 11.4 Å². The van der Waals surface area contributed by atoms with E-state index in [4.69, 9.17) is 11.5 Å². The van der Waals surface area contributed by atoms with E-state index >= 15 is 0 Å². The molecule has 0 bridgehead atoms. The van der Waals surface area contributed by atoms with Gasteiger partial charge in [0.15, 0.2) is 0 Å². The predicted octanol–water partition coefficient (Wildman–Crippen LogP) is 18.5. The first-order valence-electron chi connectivity index (χ1n) is 22.3. The van der Waals surface area contributed by atoms with Crippen LogP contribution in [0.3, 0.4) is 0 Å². The summed E-state index contributed by atoms with van der Waals surface area (Å²) in [6, 6.07) is 53.4. The van der Waals surface area contributed by atoms with Gasteiger partial charge in [-0.3, -0.25) is 0 Å². The zero-order chi connectivity index (χ0) is 44.5. The number of benzene rings is 6. The van der Waals surface area contributed by atoms with Crippen LogP contribution in [0.5, 0.6) is 0 Å². The van der Waals surface area contributed by atoms with Crippen molar-refractivity contribution in [1.82, 2.24) is 0 Å². The van der Waals surface area contributed by atoms with E-state index in [-0.39, 0.29) is 56.1 Å². The Hall–Kier alpha value is -2.66. The molecule has 6 aromatic rings. The molecule has 0 atom stereocenters. The zero-order valence-electron chi connectivity index (χ0n) is 39.9. The molecule has 6 heteroatoms. The van der Waals surface area contributed by atoms with E-state index in [0.717, 1.165) is 70.4 Å². The van der Waals surface area contributed by atoms with Crippen molar-refractivity contribution < 1.29 is 40.2 Å². The van der Waals surface area contributed by atoms with E-state index in [1.807, 2.05) is 24.3 Å². The Kier molecular flexibility index (Phi) is 32.3. The normalized spacial score (nSPS) is 10.6. The molecule has 0 aliphatic rings. The number of nitrogens with one attached hydrogen (secondary N) is 2. The molecule has 0 saturated heterocycles. The zero-order valence-corrected chi connectivity index (χ0v) is 46.4. The largest absolute Gasteiger partial charge is 0.698 e. The standard InChI is InChI=1S/2C14H14.C10H8N2.2C9H21P.2Ir/c2*1-3-7-13(8-4-1)11-12-14-9-5-2-6-10-14;11-8-5-1-3-7-4-2-6-9(12)10(7)8;2*1-7(2)10(8(3)4)9(5)6;;/h2*1-10H,11-12H2;1-6,11-12H;2*7-9H,1-6H3;;/q;;-2;;;;. The van der Waals surface area contributed by atoms with Gasteiger partial charge < -0.3 is 11.5 Å². The SMILES string of the molecule is CC(C)P(C(C)C)C(C)C.CC(C)P(C(C)C)C(C)C.[Ir].[Ir].[NH-]c1cccc2cccc([NH-])c12.c1ccc(CCc2ccccc2)cc1.c1ccc(CCc2ccccc2)cc1. The molecule has 0 unspecified atom stereocenters. The van der Waals surface area contributed by atoms with Crippen LogP contribution >= 0.6 is 15.8 Å². The summed E-state index contributed by atoms with van der Waals surface area (Å²) >= 11 is 0. The maximum atomic E-state index is 7.58. The second-order valence-corrected chi connectivity index (χ2v) is 25.1. The molecule has 342 valence electrons. The fraction of sp³-hybridized carbons (Fsp3) is 0.393. The number of aryl methyl sites for hydroxylation is 4. The molecule has 2 radical (unpaired) electrons. The van der Waals surface area contributed by atoms with Gasteiger partial charge in [-0.2, -0.15) is 0 Å². The second kappa shape index (κ2) is 33.8. The minimum atomic E-state index is 0. The smallest absolute Gasteiger partial charge is 0 e. The van der Waals surface area contributed by atoms with Crippen molar-refractivity contribution in [2.45, 2.75) is 143 Å². The van der Waals surface area contributed by atoms with Gasteiger partial charge >= 0.3 is 0 Å². The molecule has 2 nitrogen and oxygen atoms in total. The Morgan fingerprint density at radius 1 is 0.306 bits per heavy atom. The maximum Gasteiger partial charge on any atom is 0 e. The van der Waals surface area contributed by atoms with Crippen molar-refractivity contribution in [3.63, 3.8) is 0 Å². The van der Waals surface area contributed by atoms with Crippen LogP contribution in [0, 0.1) is 0 Å². The summed E-state index contributed by atoms with van der Waals surface area (Å²) in [5.41, 5.74) is 27.1. The first-order chi connectivity index (χ1) is 28.6. The van der Waals surface area contributed by atoms with Gasteiger partial charge in [0.25, 0.3) is 0 Å². The third-order valence-corrected chi connectivity index (χ3v) is 17.4. The van der Waals surface area contributed by atoms with E-state index in [1.165, 1.54) is 22.3 Å². The van der Waals surface area contributed by atoms with Crippen LogP contribution in [0.2, 0.25) is 0 Å². The first-order valence-corrected chi connectivity index (χ1v) is 25.4. The molecule has 2 N–H and O–H groups in total. The quantitative estimate of drug-likeness (QED) is 0.110. The molecule has 0 aromatic heterocycles. The third-order valence-electron chi connectivity index (χ3n) is 10.3. The minimum Gasteiger partial charge on any atom is -0.698 e. The molecular weight excluding hydrogens is 1150 g/mol. The van der Waals surface area contributed by atoms with E-state index in [1.54, 1.807) is 12.1 Å². The van der Waals surface area contributed by atoms with Crippen molar-refractivity contribution in [2.24, 2.45) is 0 Å². The molecule has 6 rings (SSSR count). The van der Waals surface area contributed by atoms with E-state index < -0.39 is 0 Å². The monoisotopic (exact) mass is 1230 g/mol. The summed E-state index contributed by atoms with van der Waals surface area (Å²) in [5.74, 6) is 0. The second-order valence-electron chi connectivity index (χ2n) is 17.1. The Bertz CT molecular complexity index is 1700. The number of rotatable bonds is 12. The van der Waals surface area contributed by atoms with E-state index in [9.17, 15) is 0 Å². The van der Waals surface area contributed by atoms with Crippen LogP contribution in [-0.4, -0.2) is 34.0 Å². The molecule has 0 fully saturated rings. The number of hydrogen-bond acceptors (Lipinski definition) is 0. The fourth-order valence-corrected chi connectivity index (χ4v) is 15.2. The molecule has 0 heterocycles. The van der Waals surface area contributed by atoms with Crippen LogP contribution in [0.15, 0.2) is 158 Å². The minimum absolute atomic E-state index is 0. The van der Waals surface area contributed by atoms with Crippen molar-refractivity contribution in [1.29, 1.82) is 0 Å². The van der Waals surface area contributed by atoms with Gasteiger partial charge in [-0.1, -0.05) is 257 Å². The van der Waals surface area contributed by atoms with Crippen LogP contribution in [0.4, 0.5) is 11.4 Å². The molecule has 0 amide bonds. The number of fused-ring (bicyclic) bond motifs is 1. The third kappa shape index (κ3) is 23.9. The Morgan fingerprint density at radius 3 is 0.677 bits per heavy atom. The summed E-state index contributed by atoms with van der Waals surface area (Å²) in [6.07, 6.45) is 4.52. The van der Waals surface area contributed by atoms with E-state index in [2.05, 4.69) is 204 Å². The maximum absolute atomic E-state index is 7.58. The predicted molar refractivity (Wildman–Crippen MR) is 277 cm³/mol. The van der Waals surface area contributed by atoms with Crippen LogP contribution < -0.4 is 0 Å².